The summed E-state index contributed by atoms with van der Waals surface area (Å²) < 4.78 is 44.1. The quantitative estimate of drug-likeness (QED) is 0.769. The lowest BCUT2D eigenvalue weighted by molar-refractivity contribution is -0.144. The summed E-state index contributed by atoms with van der Waals surface area (Å²) in [5, 5.41) is 3.78. The van der Waals surface area contributed by atoms with Crippen molar-refractivity contribution in [1.29, 1.82) is 0 Å². The molecule has 0 fully saturated rings. The summed E-state index contributed by atoms with van der Waals surface area (Å²) in [4.78, 5) is 24.1. The van der Waals surface area contributed by atoms with E-state index in [1.54, 1.807) is 13.8 Å². The Balaban J connectivity index is 2.55. The van der Waals surface area contributed by atoms with Crippen LogP contribution < -0.4 is 5.43 Å². The molecule has 0 amide bonds. The van der Waals surface area contributed by atoms with Crippen molar-refractivity contribution < 1.29 is 22.7 Å². The number of carbonyl (C=O) groups excluding carboxylic acids is 1. The molecule has 1 aromatic carbocycles. The molecule has 0 aliphatic rings. The van der Waals surface area contributed by atoms with Crippen LogP contribution >= 0.6 is 11.6 Å². The first-order valence-electron chi connectivity index (χ1n) is 7.17. The molecule has 0 bridgehead atoms. The largest absolute Gasteiger partial charge is 0.459 e. The number of benzene rings is 1. The van der Waals surface area contributed by atoms with Crippen LogP contribution in [0, 0.1) is 0 Å². The Kier molecular flexibility index (Phi) is 5.22. The first-order chi connectivity index (χ1) is 11.5. The Hall–Kier alpha value is -2.35. The Bertz CT molecular complexity index is 876. The van der Waals surface area contributed by atoms with Gasteiger partial charge in [-0.3, -0.25) is 9.48 Å². The minimum Gasteiger partial charge on any atom is -0.459 e. The van der Waals surface area contributed by atoms with Crippen LogP contribution in [-0.4, -0.2) is 21.9 Å². The summed E-state index contributed by atoms with van der Waals surface area (Å²) in [7, 11) is 1.08. The molecule has 25 heavy (non-hydrogen) atoms. The summed E-state index contributed by atoms with van der Waals surface area (Å²) in [6.07, 6.45) is -5.09. The predicted octanol–water partition coefficient (Wildman–Crippen LogP) is 3.68. The van der Waals surface area contributed by atoms with E-state index in [0.29, 0.717) is 10.7 Å². The van der Waals surface area contributed by atoms with E-state index < -0.39 is 23.3 Å². The van der Waals surface area contributed by atoms with Crippen molar-refractivity contribution in [3.8, 4) is 11.3 Å². The summed E-state index contributed by atoms with van der Waals surface area (Å²) in [5.41, 5.74) is -2.16. The number of nitrogens with zero attached hydrogens (tertiary/aromatic N) is 2. The fourth-order valence-electron chi connectivity index (χ4n) is 2.11. The maximum Gasteiger partial charge on any atom is 0.433 e. The number of esters is 1. The monoisotopic (exact) mass is 374 g/mol. The molecule has 5 nitrogen and oxygen atoms in total. The zero-order valence-corrected chi connectivity index (χ0v) is 14.3. The van der Waals surface area contributed by atoms with Gasteiger partial charge in [0.1, 0.15) is 11.4 Å². The second-order valence-corrected chi connectivity index (χ2v) is 5.92. The van der Waals surface area contributed by atoms with E-state index in [-0.39, 0.29) is 27.9 Å². The number of hydrogen-bond donors (Lipinski definition) is 0. The Labute approximate surface area is 146 Å². The molecule has 2 rings (SSSR count). The highest BCUT2D eigenvalue weighted by molar-refractivity contribution is 6.33. The molecule has 0 saturated heterocycles. The van der Waals surface area contributed by atoms with Crippen LogP contribution in [0.4, 0.5) is 13.2 Å². The molecular weight excluding hydrogens is 361 g/mol. The topological polar surface area (TPSA) is 61.2 Å². The number of carbonyl (C=O) groups is 1. The highest BCUT2D eigenvalue weighted by atomic mass is 35.5. The number of aromatic nitrogens is 2. The summed E-state index contributed by atoms with van der Waals surface area (Å²) in [6.45, 7) is 3.31. The van der Waals surface area contributed by atoms with Gasteiger partial charge in [-0.05, 0) is 26.0 Å². The third-order valence-electron chi connectivity index (χ3n) is 3.19. The molecule has 134 valence electrons. The van der Waals surface area contributed by atoms with Crippen molar-refractivity contribution >= 4 is 17.6 Å². The minimum atomic E-state index is -4.70. The lowest BCUT2D eigenvalue weighted by atomic mass is 10.1. The van der Waals surface area contributed by atoms with Gasteiger partial charge in [0, 0.05) is 18.7 Å². The van der Waals surface area contributed by atoms with E-state index >= 15 is 0 Å². The predicted molar refractivity (Wildman–Crippen MR) is 85.5 cm³/mol. The molecule has 0 aliphatic carbocycles. The van der Waals surface area contributed by atoms with Gasteiger partial charge >= 0.3 is 12.1 Å². The Morgan fingerprint density at radius 2 is 1.92 bits per heavy atom. The molecule has 9 heteroatoms. The van der Waals surface area contributed by atoms with Crippen LogP contribution in [0.15, 0.2) is 29.1 Å². The molecule has 0 N–H and O–H groups in total. The zero-order chi connectivity index (χ0) is 18.9. The maximum atomic E-state index is 12.8. The van der Waals surface area contributed by atoms with Crippen LogP contribution in [0.2, 0.25) is 5.02 Å². The van der Waals surface area contributed by atoms with Crippen molar-refractivity contribution in [1.82, 2.24) is 9.78 Å². The number of aryl methyl sites for hydroxylation is 1. The van der Waals surface area contributed by atoms with Gasteiger partial charge in [-0.1, -0.05) is 17.7 Å². The van der Waals surface area contributed by atoms with Crippen LogP contribution in [0.3, 0.4) is 0 Å². The number of alkyl halides is 3. The van der Waals surface area contributed by atoms with Gasteiger partial charge in [-0.2, -0.15) is 18.3 Å². The summed E-state index contributed by atoms with van der Waals surface area (Å²) >= 11 is 5.96. The first-order valence-corrected chi connectivity index (χ1v) is 7.55. The SMILES string of the molecule is CC(C)OC(=O)c1cc(-c2nn(C)c(C(F)(F)F)cc2=O)ccc1Cl. The Morgan fingerprint density at radius 1 is 1.28 bits per heavy atom. The fourth-order valence-corrected chi connectivity index (χ4v) is 2.31. The van der Waals surface area contributed by atoms with Crippen LogP contribution in [-0.2, 0) is 18.0 Å². The molecule has 0 saturated carbocycles. The van der Waals surface area contributed by atoms with E-state index in [2.05, 4.69) is 5.10 Å². The first kappa shape index (κ1) is 19.0. The third kappa shape index (κ3) is 4.19. The third-order valence-corrected chi connectivity index (χ3v) is 3.52. The number of rotatable bonds is 3. The van der Waals surface area contributed by atoms with Crippen LogP contribution in [0.5, 0.6) is 0 Å². The zero-order valence-electron chi connectivity index (χ0n) is 13.5. The van der Waals surface area contributed by atoms with Gasteiger partial charge in [0.15, 0.2) is 0 Å². The van der Waals surface area contributed by atoms with Gasteiger partial charge in [0.2, 0.25) is 5.43 Å². The van der Waals surface area contributed by atoms with Crippen molar-refractivity contribution in [2.75, 3.05) is 0 Å². The lowest BCUT2D eigenvalue weighted by Gasteiger charge is -2.13. The van der Waals surface area contributed by atoms with Gasteiger partial charge in [0.05, 0.1) is 16.7 Å². The van der Waals surface area contributed by atoms with E-state index in [0.717, 1.165) is 7.05 Å². The molecule has 0 unspecified atom stereocenters. The molecular formula is C16H14ClF3N2O3. The summed E-state index contributed by atoms with van der Waals surface area (Å²) in [5.74, 6) is -0.703. The standard InChI is InChI=1S/C16H14ClF3N2O3/c1-8(2)25-15(24)10-6-9(4-5-11(10)17)14-12(23)7-13(16(18,19)20)22(3)21-14/h4-8H,1-3H3. The average Bonchev–Trinajstić information content (AvgIpc) is 2.48. The number of halogens is 4. The second-order valence-electron chi connectivity index (χ2n) is 5.51. The van der Waals surface area contributed by atoms with Crippen molar-refractivity contribution in [3.63, 3.8) is 0 Å². The lowest BCUT2D eigenvalue weighted by Crippen LogP contribution is -2.22. The van der Waals surface area contributed by atoms with E-state index in [1.807, 2.05) is 0 Å². The van der Waals surface area contributed by atoms with Gasteiger partial charge in [0.25, 0.3) is 0 Å². The van der Waals surface area contributed by atoms with Gasteiger partial charge < -0.3 is 4.74 Å². The fraction of sp³-hybridized carbons (Fsp3) is 0.312. The van der Waals surface area contributed by atoms with Crippen LogP contribution in [0.25, 0.3) is 11.3 Å². The molecule has 0 radical (unpaired) electrons. The van der Waals surface area contributed by atoms with Gasteiger partial charge in [-0.25, -0.2) is 4.79 Å². The minimum absolute atomic E-state index is 0.00313. The van der Waals surface area contributed by atoms with E-state index in [1.165, 1.54) is 18.2 Å². The molecule has 1 aromatic heterocycles. The molecule has 0 spiro atoms. The smallest absolute Gasteiger partial charge is 0.433 e. The van der Waals surface area contributed by atoms with Crippen LogP contribution in [0.1, 0.15) is 29.9 Å². The number of hydrogen-bond acceptors (Lipinski definition) is 4. The van der Waals surface area contributed by atoms with E-state index in [9.17, 15) is 22.8 Å². The number of ether oxygens (including phenoxy) is 1. The summed E-state index contributed by atoms with van der Waals surface area (Å²) in [6, 6.07) is 4.48. The average molecular weight is 375 g/mol. The van der Waals surface area contributed by atoms with Crippen molar-refractivity contribution in [2.45, 2.75) is 26.1 Å². The van der Waals surface area contributed by atoms with Crippen molar-refractivity contribution in [2.24, 2.45) is 7.05 Å². The highest BCUT2D eigenvalue weighted by Gasteiger charge is 2.34. The molecule has 1 heterocycles. The Morgan fingerprint density at radius 3 is 2.48 bits per heavy atom. The van der Waals surface area contributed by atoms with Gasteiger partial charge in [-0.15, -0.1) is 0 Å². The second kappa shape index (κ2) is 6.87. The molecule has 0 atom stereocenters. The molecule has 2 aromatic rings. The maximum absolute atomic E-state index is 12.8. The molecule has 0 aliphatic heterocycles. The van der Waals surface area contributed by atoms with Crippen molar-refractivity contribution in [3.05, 3.63) is 50.8 Å². The normalized spacial score (nSPS) is 11.7. The highest BCUT2D eigenvalue weighted by Crippen LogP contribution is 2.29. The van der Waals surface area contributed by atoms with E-state index in [4.69, 9.17) is 16.3 Å².